The van der Waals surface area contributed by atoms with Gasteiger partial charge >= 0.3 is 0 Å². The van der Waals surface area contributed by atoms with Crippen LogP contribution in [0.4, 0.5) is 10.1 Å². The Morgan fingerprint density at radius 1 is 1.17 bits per heavy atom. The molecule has 1 aliphatic rings. The molecule has 2 heterocycles. The van der Waals surface area contributed by atoms with Crippen molar-refractivity contribution in [3.63, 3.8) is 0 Å². The summed E-state index contributed by atoms with van der Waals surface area (Å²) in [6, 6.07) is 16.0. The summed E-state index contributed by atoms with van der Waals surface area (Å²) in [5, 5.41) is 11.5. The fourth-order valence-electron chi connectivity index (χ4n) is 3.32. The van der Waals surface area contributed by atoms with Crippen molar-refractivity contribution in [2.24, 2.45) is 5.16 Å². The summed E-state index contributed by atoms with van der Waals surface area (Å²) in [6.45, 7) is 4.41. The van der Waals surface area contributed by atoms with Crippen molar-refractivity contribution in [1.82, 2.24) is 9.78 Å². The van der Waals surface area contributed by atoms with Crippen molar-refractivity contribution in [3.8, 4) is 0 Å². The molecule has 7 heteroatoms. The van der Waals surface area contributed by atoms with Gasteiger partial charge in [0.25, 0.3) is 5.91 Å². The van der Waals surface area contributed by atoms with Gasteiger partial charge in [-0.3, -0.25) is 9.48 Å². The molecule has 148 valence electrons. The number of anilines is 1. The van der Waals surface area contributed by atoms with Crippen molar-refractivity contribution in [3.05, 3.63) is 82.9 Å². The SMILES string of the molecule is Cc1nn(Cc2ccccc2)c(C)c1NC(=O)C1CC(c2ccc(F)cc2)=NO1. The lowest BCUT2D eigenvalue weighted by Gasteiger charge is -2.10. The van der Waals surface area contributed by atoms with Gasteiger partial charge < -0.3 is 10.2 Å². The third-order valence-electron chi connectivity index (χ3n) is 4.94. The number of hydrogen-bond donors (Lipinski definition) is 1. The first-order chi connectivity index (χ1) is 14.0. The first-order valence-electron chi connectivity index (χ1n) is 9.38. The van der Waals surface area contributed by atoms with E-state index in [0.717, 1.165) is 22.5 Å². The van der Waals surface area contributed by atoms with Crippen LogP contribution in [0.2, 0.25) is 0 Å². The number of carbonyl (C=O) groups is 1. The Morgan fingerprint density at radius 2 is 1.90 bits per heavy atom. The molecule has 1 amide bonds. The second kappa shape index (κ2) is 7.87. The van der Waals surface area contributed by atoms with Crippen LogP contribution in [0.3, 0.4) is 0 Å². The van der Waals surface area contributed by atoms with Gasteiger partial charge in [0.1, 0.15) is 5.82 Å². The fourth-order valence-corrected chi connectivity index (χ4v) is 3.32. The maximum absolute atomic E-state index is 13.1. The summed E-state index contributed by atoms with van der Waals surface area (Å²) < 4.78 is 15.0. The summed E-state index contributed by atoms with van der Waals surface area (Å²) in [5.74, 6) is -0.600. The Labute approximate surface area is 168 Å². The molecule has 0 radical (unpaired) electrons. The summed E-state index contributed by atoms with van der Waals surface area (Å²) in [6.07, 6.45) is -0.403. The van der Waals surface area contributed by atoms with E-state index >= 15 is 0 Å². The zero-order valence-electron chi connectivity index (χ0n) is 16.2. The molecule has 0 aliphatic carbocycles. The zero-order valence-corrected chi connectivity index (χ0v) is 16.2. The van der Waals surface area contributed by atoms with Crippen LogP contribution in [0.15, 0.2) is 59.8 Å². The Bertz CT molecular complexity index is 1060. The Hall–Kier alpha value is -3.48. The van der Waals surface area contributed by atoms with E-state index in [-0.39, 0.29) is 11.7 Å². The molecule has 1 atom stereocenters. The highest BCUT2D eigenvalue weighted by atomic mass is 19.1. The van der Waals surface area contributed by atoms with Crippen LogP contribution in [0.1, 0.15) is 28.9 Å². The van der Waals surface area contributed by atoms with E-state index in [0.29, 0.717) is 24.4 Å². The van der Waals surface area contributed by atoms with Gasteiger partial charge in [0.2, 0.25) is 6.10 Å². The number of hydrogen-bond acceptors (Lipinski definition) is 4. The largest absolute Gasteiger partial charge is 0.382 e. The number of aromatic nitrogens is 2. The predicted molar refractivity (Wildman–Crippen MR) is 108 cm³/mol. The maximum Gasteiger partial charge on any atom is 0.268 e. The van der Waals surface area contributed by atoms with Crippen molar-refractivity contribution >= 4 is 17.3 Å². The van der Waals surface area contributed by atoms with E-state index in [9.17, 15) is 9.18 Å². The van der Waals surface area contributed by atoms with Crippen molar-refractivity contribution < 1.29 is 14.0 Å². The van der Waals surface area contributed by atoms with Gasteiger partial charge in [-0.2, -0.15) is 5.10 Å². The van der Waals surface area contributed by atoms with E-state index < -0.39 is 6.10 Å². The van der Waals surface area contributed by atoms with Crippen LogP contribution >= 0.6 is 0 Å². The van der Waals surface area contributed by atoms with Crippen LogP contribution in [-0.2, 0) is 16.2 Å². The van der Waals surface area contributed by atoms with Gasteiger partial charge in [-0.25, -0.2) is 4.39 Å². The third kappa shape index (κ3) is 4.03. The van der Waals surface area contributed by atoms with Gasteiger partial charge in [-0.15, -0.1) is 0 Å². The predicted octanol–water partition coefficient (Wildman–Crippen LogP) is 3.82. The van der Waals surface area contributed by atoms with Gasteiger partial charge in [-0.1, -0.05) is 47.6 Å². The molecule has 29 heavy (non-hydrogen) atoms. The first kappa shape index (κ1) is 18.9. The van der Waals surface area contributed by atoms with Crippen LogP contribution in [0, 0.1) is 19.7 Å². The molecule has 1 unspecified atom stereocenters. The minimum absolute atomic E-state index is 0.281. The smallest absolute Gasteiger partial charge is 0.268 e. The Balaban J connectivity index is 1.43. The number of aryl methyl sites for hydroxylation is 1. The molecule has 0 spiro atoms. The van der Waals surface area contributed by atoms with Gasteiger partial charge in [0.05, 0.1) is 29.3 Å². The number of carbonyl (C=O) groups excluding carboxylic acids is 1. The average molecular weight is 392 g/mol. The molecule has 4 rings (SSSR count). The highest BCUT2D eigenvalue weighted by Crippen LogP contribution is 2.23. The zero-order chi connectivity index (χ0) is 20.4. The molecular formula is C22H21FN4O2. The first-order valence-corrected chi connectivity index (χ1v) is 9.38. The molecule has 0 bridgehead atoms. The van der Waals surface area contributed by atoms with Crippen LogP contribution < -0.4 is 5.32 Å². The molecule has 0 fully saturated rings. The molecular weight excluding hydrogens is 371 g/mol. The number of halogens is 1. The molecule has 0 saturated carbocycles. The molecule has 2 aromatic carbocycles. The number of nitrogens with zero attached hydrogens (tertiary/aromatic N) is 3. The van der Waals surface area contributed by atoms with Gasteiger partial charge in [0.15, 0.2) is 0 Å². The number of amides is 1. The molecule has 1 aliphatic heterocycles. The van der Waals surface area contributed by atoms with Crippen molar-refractivity contribution in [2.45, 2.75) is 32.9 Å². The lowest BCUT2D eigenvalue weighted by Crippen LogP contribution is -2.28. The lowest BCUT2D eigenvalue weighted by atomic mass is 10.0. The normalized spacial score (nSPS) is 15.7. The molecule has 3 aromatic rings. The van der Waals surface area contributed by atoms with Gasteiger partial charge in [-0.05, 0) is 37.1 Å². The van der Waals surface area contributed by atoms with Crippen molar-refractivity contribution in [1.29, 1.82) is 0 Å². The lowest BCUT2D eigenvalue weighted by molar-refractivity contribution is -0.125. The number of benzene rings is 2. The number of oxime groups is 1. The average Bonchev–Trinajstić information content (AvgIpc) is 3.31. The van der Waals surface area contributed by atoms with E-state index in [1.165, 1.54) is 12.1 Å². The minimum atomic E-state index is -0.730. The summed E-state index contributed by atoms with van der Waals surface area (Å²) in [7, 11) is 0. The van der Waals surface area contributed by atoms with Crippen molar-refractivity contribution in [2.75, 3.05) is 5.32 Å². The second-order valence-corrected chi connectivity index (χ2v) is 7.02. The standard InChI is InChI=1S/C22H21FN4O2/c1-14-21(15(2)27(25-14)13-16-6-4-3-5-7-16)24-22(28)20-12-19(26-29-20)17-8-10-18(23)11-9-17/h3-11,20H,12-13H2,1-2H3,(H,24,28). The third-order valence-corrected chi connectivity index (χ3v) is 4.94. The van der Waals surface area contributed by atoms with E-state index in [1.807, 2.05) is 48.9 Å². The second-order valence-electron chi connectivity index (χ2n) is 7.02. The number of nitrogens with one attached hydrogen (secondary N) is 1. The molecule has 6 nitrogen and oxygen atoms in total. The van der Waals surface area contributed by atoms with E-state index in [1.54, 1.807) is 12.1 Å². The molecule has 0 saturated heterocycles. The van der Waals surface area contributed by atoms with E-state index in [4.69, 9.17) is 4.84 Å². The highest BCUT2D eigenvalue weighted by molar-refractivity contribution is 6.06. The Kier molecular flexibility index (Phi) is 5.12. The maximum atomic E-state index is 13.1. The van der Waals surface area contributed by atoms with Gasteiger partial charge in [0, 0.05) is 6.42 Å². The Morgan fingerprint density at radius 3 is 2.62 bits per heavy atom. The minimum Gasteiger partial charge on any atom is -0.382 e. The highest BCUT2D eigenvalue weighted by Gasteiger charge is 2.30. The number of rotatable bonds is 5. The topological polar surface area (TPSA) is 68.5 Å². The monoisotopic (exact) mass is 392 g/mol. The quantitative estimate of drug-likeness (QED) is 0.718. The fraction of sp³-hybridized carbons (Fsp3) is 0.227. The molecule has 1 N–H and O–H groups in total. The van der Waals surface area contributed by atoms with Crippen LogP contribution in [0.25, 0.3) is 0 Å². The summed E-state index contributed by atoms with van der Waals surface area (Å²) in [5.41, 5.74) is 4.79. The summed E-state index contributed by atoms with van der Waals surface area (Å²) in [4.78, 5) is 18.0. The van der Waals surface area contributed by atoms with Crippen LogP contribution in [-0.4, -0.2) is 27.5 Å². The van der Waals surface area contributed by atoms with Crippen LogP contribution in [0.5, 0.6) is 0 Å². The molecule has 1 aromatic heterocycles. The summed E-state index contributed by atoms with van der Waals surface area (Å²) >= 11 is 0. The van der Waals surface area contributed by atoms with E-state index in [2.05, 4.69) is 15.6 Å².